The van der Waals surface area contributed by atoms with Crippen LogP contribution in [-0.4, -0.2) is 65.7 Å². The van der Waals surface area contributed by atoms with E-state index in [1.54, 1.807) is 0 Å². The van der Waals surface area contributed by atoms with Crippen molar-refractivity contribution in [3.63, 3.8) is 0 Å². The number of carbonyl (C=O) groups excluding carboxylic acids is 1. The van der Waals surface area contributed by atoms with Gasteiger partial charge in [-0.25, -0.2) is 8.42 Å². The molecule has 3 heterocycles. The first-order valence-corrected chi connectivity index (χ1v) is 10.7. The summed E-state index contributed by atoms with van der Waals surface area (Å²) < 4.78 is 26.6. The van der Waals surface area contributed by atoms with Crippen LogP contribution >= 0.6 is 0 Å². The summed E-state index contributed by atoms with van der Waals surface area (Å²) in [5.41, 5.74) is 1.65. The molecule has 0 aliphatic carbocycles. The van der Waals surface area contributed by atoms with Gasteiger partial charge in [0.2, 0.25) is 15.9 Å². The van der Waals surface area contributed by atoms with Crippen molar-refractivity contribution in [3.05, 3.63) is 17.5 Å². The van der Waals surface area contributed by atoms with Gasteiger partial charge in [0, 0.05) is 12.5 Å². The first kappa shape index (κ1) is 18.3. The third kappa shape index (κ3) is 4.39. The van der Waals surface area contributed by atoms with Crippen LogP contribution in [0.3, 0.4) is 0 Å². The molecule has 9 heteroatoms. The summed E-state index contributed by atoms with van der Waals surface area (Å²) in [6.45, 7) is 6.87. The first-order valence-electron chi connectivity index (χ1n) is 8.87. The molecule has 2 aliphatic heterocycles. The molecule has 0 bridgehead atoms. The van der Waals surface area contributed by atoms with E-state index in [1.165, 1.54) is 10.6 Å². The Bertz CT molecular complexity index is 722. The van der Waals surface area contributed by atoms with E-state index >= 15 is 0 Å². The molecule has 0 atom stereocenters. The van der Waals surface area contributed by atoms with E-state index in [-0.39, 0.29) is 11.8 Å². The van der Waals surface area contributed by atoms with Crippen LogP contribution in [0.4, 0.5) is 0 Å². The van der Waals surface area contributed by atoms with Crippen molar-refractivity contribution in [1.29, 1.82) is 0 Å². The van der Waals surface area contributed by atoms with E-state index in [4.69, 9.17) is 0 Å². The number of piperidine rings is 1. The Morgan fingerprint density at radius 2 is 2.00 bits per heavy atom. The Kier molecular flexibility index (Phi) is 5.45. The number of nitrogens with zero attached hydrogens (tertiary/aromatic N) is 4. The van der Waals surface area contributed by atoms with Gasteiger partial charge in [-0.05, 0) is 38.5 Å². The van der Waals surface area contributed by atoms with Gasteiger partial charge < -0.3 is 10.2 Å². The van der Waals surface area contributed by atoms with Gasteiger partial charge in [-0.2, -0.15) is 9.40 Å². The molecular formula is C16H27N5O3S. The highest BCUT2D eigenvalue weighted by atomic mass is 32.2. The number of likely N-dealkylation sites (tertiary alicyclic amines) is 1. The number of aromatic nitrogens is 2. The largest absolute Gasteiger partial charge is 0.350 e. The fourth-order valence-corrected chi connectivity index (χ4v) is 4.28. The van der Waals surface area contributed by atoms with Gasteiger partial charge in [0.25, 0.3) is 0 Å². The van der Waals surface area contributed by atoms with Crippen LogP contribution < -0.4 is 5.32 Å². The lowest BCUT2D eigenvalue weighted by Crippen LogP contribution is -2.40. The zero-order valence-electron chi connectivity index (χ0n) is 14.9. The van der Waals surface area contributed by atoms with Gasteiger partial charge in [0.1, 0.15) is 0 Å². The van der Waals surface area contributed by atoms with Gasteiger partial charge in [-0.3, -0.25) is 9.48 Å². The van der Waals surface area contributed by atoms with Crippen LogP contribution in [0.2, 0.25) is 0 Å². The average molecular weight is 369 g/mol. The molecule has 1 fully saturated rings. The van der Waals surface area contributed by atoms with Crippen LogP contribution in [0.15, 0.2) is 6.07 Å². The van der Waals surface area contributed by atoms with Crippen LogP contribution in [0.1, 0.15) is 31.2 Å². The summed E-state index contributed by atoms with van der Waals surface area (Å²) in [4.78, 5) is 14.7. The molecule has 1 amide bonds. The smallest absolute Gasteiger partial charge is 0.223 e. The number of rotatable bonds is 5. The van der Waals surface area contributed by atoms with Gasteiger partial charge in [-0.1, -0.05) is 6.92 Å². The van der Waals surface area contributed by atoms with Crippen molar-refractivity contribution in [1.82, 2.24) is 24.3 Å². The molecule has 1 saturated heterocycles. The predicted molar refractivity (Wildman–Crippen MR) is 94.2 cm³/mol. The SMILES string of the molecule is CCN1CCC(C(=O)NCc2cc3n(n2)CCN(S(C)(=O)=O)C3)CC1. The lowest BCUT2D eigenvalue weighted by Gasteiger charge is -2.30. The lowest BCUT2D eigenvalue weighted by atomic mass is 9.96. The molecule has 3 rings (SSSR count). The van der Waals surface area contributed by atoms with Gasteiger partial charge in [-0.15, -0.1) is 0 Å². The van der Waals surface area contributed by atoms with Crippen molar-refractivity contribution < 1.29 is 13.2 Å². The normalized spacial score (nSPS) is 20.4. The monoisotopic (exact) mass is 369 g/mol. The second-order valence-corrected chi connectivity index (χ2v) is 8.86. The van der Waals surface area contributed by atoms with Crippen molar-refractivity contribution in [3.8, 4) is 0 Å². The zero-order chi connectivity index (χ0) is 18.0. The maximum absolute atomic E-state index is 12.3. The summed E-state index contributed by atoms with van der Waals surface area (Å²) in [6.07, 6.45) is 3.04. The average Bonchev–Trinajstić information content (AvgIpc) is 3.01. The second kappa shape index (κ2) is 7.43. The molecule has 0 unspecified atom stereocenters. The van der Waals surface area contributed by atoms with Crippen LogP contribution in [0.25, 0.3) is 0 Å². The molecule has 140 valence electrons. The summed E-state index contributed by atoms with van der Waals surface area (Å²) in [5, 5.41) is 7.47. The van der Waals surface area contributed by atoms with E-state index in [0.29, 0.717) is 26.2 Å². The quantitative estimate of drug-likeness (QED) is 0.790. The highest BCUT2D eigenvalue weighted by Gasteiger charge is 2.26. The molecule has 1 N–H and O–H groups in total. The van der Waals surface area contributed by atoms with Gasteiger partial charge >= 0.3 is 0 Å². The Morgan fingerprint density at radius 1 is 1.28 bits per heavy atom. The van der Waals surface area contributed by atoms with E-state index in [0.717, 1.165) is 43.9 Å². The Morgan fingerprint density at radius 3 is 2.64 bits per heavy atom. The number of fused-ring (bicyclic) bond motifs is 1. The van der Waals surface area contributed by atoms with E-state index in [2.05, 4.69) is 22.2 Å². The molecule has 1 aromatic rings. The Balaban J connectivity index is 1.53. The summed E-state index contributed by atoms with van der Waals surface area (Å²) in [6, 6.07) is 1.89. The highest BCUT2D eigenvalue weighted by molar-refractivity contribution is 7.88. The standard InChI is InChI=1S/C16H27N5O3S/c1-3-19-6-4-13(5-7-19)16(22)17-11-14-10-15-12-20(25(2,23)24)8-9-21(15)18-14/h10,13H,3-9,11-12H2,1-2H3,(H,17,22). The van der Waals surface area contributed by atoms with Gasteiger partial charge in [0.05, 0.1) is 37.3 Å². The molecule has 8 nitrogen and oxygen atoms in total. The predicted octanol–water partition coefficient (Wildman–Crippen LogP) is 0.00640. The van der Waals surface area contributed by atoms with Crippen molar-refractivity contribution in [2.45, 2.75) is 39.4 Å². The molecule has 0 radical (unpaired) electrons. The highest BCUT2D eigenvalue weighted by Crippen LogP contribution is 2.18. The van der Waals surface area contributed by atoms with E-state index in [9.17, 15) is 13.2 Å². The van der Waals surface area contributed by atoms with Crippen molar-refractivity contribution >= 4 is 15.9 Å². The fraction of sp³-hybridized carbons (Fsp3) is 0.750. The third-order valence-corrected chi connectivity index (χ3v) is 6.38. The number of sulfonamides is 1. The van der Waals surface area contributed by atoms with Gasteiger partial charge in [0.15, 0.2) is 0 Å². The minimum absolute atomic E-state index is 0.0840. The fourth-order valence-electron chi connectivity index (χ4n) is 3.50. The number of hydrogen-bond donors (Lipinski definition) is 1. The number of amides is 1. The summed E-state index contributed by atoms with van der Waals surface area (Å²) in [7, 11) is -3.19. The zero-order valence-corrected chi connectivity index (χ0v) is 15.8. The second-order valence-electron chi connectivity index (χ2n) is 6.87. The van der Waals surface area contributed by atoms with E-state index in [1.807, 2.05) is 10.7 Å². The number of carbonyl (C=O) groups is 1. The first-order chi connectivity index (χ1) is 11.9. The van der Waals surface area contributed by atoms with Crippen molar-refractivity contribution in [2.75, 3.05) is 32.4 Å². The maximum atomic E-state index is 12.3. The Labute approximate surface area is 149 Å². The minimum Gasteiger partial charge on any atom is -0.350 e. The van der Waals surface area contributed by atoms with Crippen LogP contribution in [-0.2, 0) is 34.5 Å². The number of hydrogen-bond acceptors (Lipinski definition) is 5. The van der Waals surface area contributed by atoms with Crippen LogP contribution in [0, 0.1) is 5.92 Å². The van der Waals surface area contributed by atoms with Crippen molar-refractivity contribution in [2.24, 2.45) is 5.92 Å². The molecule has 25 heavy (non-hydrogen) atoms. The lowest BCUT2D eigenvalue weighted by molar-refractivity contribution is -0.126. The molecule has 2 aliphatic rings. The Hall–Kier alpha value is -1.45. The third-order valence-electron chi connectivity index (χ3n) is 5.13. The minimum atomic E-state index is -3.19. The summed E-state index contributed by atoms with van der Waals surface area (Å²) in [5.74, 6) is 0.181. The molecule has 1 aromatic heterocycles. The molecule has 0 spiro atoms. The maximum Gasteiger partial charge on any atom is 0.223 e. The molecular weight excluding hydrogens is 342 g/mol. The van der Waals surface area contributed by atoms with E-state index < -0.39 is 10.0 Å². The number of nitrogens with one attached hydrogen (secondary N) is 1. The molecule has 0 aromatic carbocycles. The topological polar surface area (TPSA) is 87.5 Å². The van der Waals surface area contributed by atoms with Crippen LogP contribution in [0.5, 0.6) is 0 Å². The molecule has 0 saturated carbocycles. The summed E-state index contributed by atoms with van der Waals surface area (Å²) >= 11 is 0.